The van der Waals surface area contributed by atoms with Crippen molar-refractivity contribution < 1.29 is 42.3 Å². The van der Waals surface area contributed by atoms with Gasteiger partial charge in [-0.05, 0) is 161 Å². The highest BCUT2D eigenvalue weighted by atomic mass is 35.5. The smallest absolute Gasteiger partial charge is 0.410 e. The number of ether oxygens (including phenoxy) is 1. The molecule has 2 saturated heterocycles. The number of imidazole rings is 2. The molecule has 10 aromatic rings. The quantitative estimate of drug-likeness (QED) is 0.0888. The van der Waals surface area contributed by atoms with Crippen molar-refractivity contribution in [3.63, 3.8) is 0 Å². The van der Waals surface area contributed by atoms with Crippen LogP contribution in [0.15, 0.2) is 124 Å². The van der Waals surface area contributed by atoms with E-state index in [9.17, 15) is 19.2 Å². The molecule has 0 atom stereocenters. The number of hydrogen-bond acceptors (Lipinski definition) is 17. The predicted octanol–water partition coefficient (Wildman–Crippen LogP) is 13.9. The van der Waals surface area contributed by atoms with E-state index < -0.39 is 11.6 Å². The zero-order chi connectivity index (χ0) is 58.3. The van der Waals surface area contributed by atoms with Gasteiger partial charge in [-0.2, -0.15) is 0 Å². The summed E-state index contributed by atoms with van der Waals surface area (Å²) in [5.74, 6) is 1.81. The number of fused-ring (bicyclic) bond motifs is 2. The highest BCUT2D eigenvalue weighted by molar-refractivity contribution is 7.18. The van der Waals surface area contributed by atoms with Crippen LogP contribution in [0.4, 0.5) is 16.7 Å². The number of nitrogens with zero attached hydrogens (tertiary/aromatic N) is 8. The van der Waals surface area contributed by atoms with Crippen molar-refractivity contribution in [1.82, 2.24) is 44.3 Å². The van der Waals surface area contributed by atoms with E-state index in [1.165, 1.54) is 70.7 Å². The van der Waals surface area contributed by atoms with Gasteiger partial charge in [0.05, 0.1) is 65.0 Å². The van der Waals surface area contributed by atoms with Crippen molar-refractivity contribution in [1.29, 1.82) is 0 Å². The van der Waals surface area contributed by atoms with Crippen LogP contribution < -0.4 is 16.0 Å². The van der Waals surface area contributed by atoms with Gasteiger partial charge in [0, 0.05) is 31.7 Å². The second-order valence-electron chi connectivity index (χ2n) is 23.0. The average Bonchev–Trinajstić information content (AvgIpc) is 2.65. The lowest BCUT2D eigenvalue weighted by atomic mass is 9.65. The molecule has 2 aliphatic heterocycles. The number of thiophene rings is 3. The summed E-state index contributed by atoms with van der Waals surface area (Å²) in [6.07, 6.45) is 16.9. The van der Waals surface area contributed by atoms with E-state index in [0.717, 1.165) is 94.7 Å². The second-order valence-corrected chi connectivity index (χ2v) is 26.2. The number of oxazole rings is 3. The van der Waals surface area contributed by atoms with Crippen LogP contribution in [0.3, 0.4) is 0 Å². The summed E-state index contributed by atoms with van der Waals surface area (Å²) in [6, 6.07) is 23.9. The highest BCUT2D eigenvalue weighted by Gasteiger charge is 2.52. The number of aryl methyl sites for hydroxylation is 2. The van der Waals surface area contributed by atoms with Crippen LogP contribution in [0.5, 0.6) is 0 Å². The van der Waals surface area contributed by atoms with Crippen molar-refractivity contribution in [2.45, 2.75) is 104 Å². The van der Waals surface area contributed by atoms with Crippen LogP contribution in [0.2, 0.25) is 0 Å². The van der Waals surface area contributed by atoms with Crippen molar-refractivity contribution in [2.24, 2.45) is 10.8 Å². The normalized spacial score (nSPS) is 19.6. The molecule has 4 N–H and O–H groups in total. The monoisotopic (exact) mass is 1230 g/mol. The van der Waals surface area contributed by atoms with Crippen LogP contribution in [0, 0.1) is 10.8 Å². The zero-order valence-electron chi connectivity index (χ0n) is 47.5. The molecule has 4 aliphatic rings. The Balaban J connectivity index is 0.000000146. The van der Waals surface area contributed by atoms with Crippen LogP contribution in [-0.2, 0) is 17.6 Å². The average molecular weight is 1230 g/mol. The van der Waals surface area contributed by atoms with Crippen molar-refractivity contribution >= 4 is 104 Å². The lowest BCUT2D eigenvalue weighted by molar-refractivity contribution is 0.0199. The number of carbonyl (C=O) groups is 4. The van der Waals surface area contributed by atoms with Gasteiger partial charge in [0.1, 0.15) is 10.5 Å². The highest BCUT2D eigenvalue weighted by Crippen LogP contribution is 2.56. The lowest BCUT2D eigenvalue weighted by Crippen LogP contribution is -2.43. The number of carboxylic acid groups (broad SMARTS) is 1. The Labute approximate surface area is 507 Å². The van der Waals surface area contributed by atoms with E-state index in [1.54, 1.807) is 36.8 Å². The minimum atomic E-state index is -0.921. The van der Waals surface area contributed by atoms with E-state index >= 15 is 0 Å². The molecule has 2 aromatic carbocycles. The lowest BCUT2D eigenvalue weighted by Gasteiger charge is -2.46. The fourth-order valence-corrected chi connectivity index (χ4v) is 14.4. The Hall–Kier alpha value is -7.96. The number of rotatable bonds is 12. The van der Waals surface area contributed by atoms with Gasteiger partial charge in [0.25, 0.3) is 11.8 Å². The van der Waals surface area contributed by atoms with Gasteiger partial charge in [-0.3, -0.25) is 20.2 Å². The van der Waals surface area contributed by atoms with Crippen LogP contribution in [-0.4, -0.2) is 99.7 Å². The van der Waals surface area contributed by atoms with E-state index in [1.807, 2.05) is 49.9 Å². The first kappa shape index (κ1) is 58.8. The molecule has 20 nitrogen and oxygen atoms in total. The molecule has 4 fully saturated rings. The Morgan fingerprint density at radius 1 is 0.659 bits per heavy atom. The maximum Gasteiger partial charge on any atom is 0.410 e. The number of carboxylic acids is 1. The van der Waals surface area contributed by atoms with Gasteiger partial charge < -0.3 is 42.4 Å². The summed E-state index contributed by atoms with van der Waals surface area (Å²) in [7, 11) is 0. The number of aromatic nitrogens is 7. The summed E-state index contributed by atoms with van der Waals surface area (Å²) >= 11 is 3.91. The number of aromatic carboxylic acids is 1. The minimum absolute atomic E-state index is 0. The number of carbonyl (C=O) groups excluding carboxylic acids is 3. The molecule has 2 spiro atoms. The van der Waals surface area contributed by atoms with Gasteiger partial charge in [0.2, 0.25) is 11.9 Å². The number of benzene rings is 2. The summed E-state index contributed by atoms with van der Waals surface area (Å²) in [6.45, 7) is 13.6. The molecule has 2 aliphatic carbocycles. The molecule has 0 unspecified atom stereocenters. The van der Waals surface area contributed by atoms with E-state index in [-0.39, 0.29) is 41.8 Å². The molecule has 0 radical (unpaired) electrons. The van der Waals surface area contributed by atoms with E-state index in [2.05, 4.69) is 84.2 Å². The molecule has 8 aromatic heterocycles. The standard InChI is InChI=1S/C29H33N5O4S.C24H25N5O2S.C8H5NO3S.ClH/c1-5-18-6-7-20-21(12-18)34(19-13-29(14-19)10-11-33(16-29)27(36)38-28(2,3)4)26(31-20)32-25(35)24-9-8-23(39-24)22-15-30-17-37-22;1-2-15-3-4-17-18(9-15)29(16-10-24(11-16)7-8-25-13-24)23(27-17)28-22(30)21-6-5-20(32-21)19-12-26-14-31-19;10-8(11)7-2-1-6(13-7)5-3-9-4-12-5;/h6-9,12,15,17,19H,5,10-11,13-14,16H2,1-4H3,(H,31,32,35);3-6,9,12,14,16,25H,2,7-8,10-11,13H2,1H3,(H,27,28,30);1-4H,(H,10,11);1H. The summed E-state index contributed by atoms with van der Waals surface area (Å²) in [5, 5.41) is 18.4. The van der Waals surface area contributed by atoms with Crippen molar-refractivity contribution in [3.05, 3.63) is 136 Å². The fraction of sp³-hybridized carbons (Fsp3) is 0.361. The molecule has 0 bridgehead atoms. The maximum absolute atomic E-state index is 13.3. The first-order valence-electron chi connectivity index (χ1n) is 28.1. The van der Waals surface area contributed by atoms with Gasteiger partial charge >= 0.3 is 12.1 Å². The number of halogens is 1. The first-order chi connectivity index (χ1) is 40.5. The van der Waals surface area contributed by atoms with Crippen molar-refractivity contribution in [2.75, 3.05) is 36.8 Å². The Morgan fingerprint density at radius 2 is 1.12 bits per heavy atom. The maximum atomic E-state index is 13.3. The Bertz CT molecular complexity index is 3980. The fourth-order valence-electron chi connectivity index (χ4n) is 11.9. The van der Waals surface area contributed by atoms with Gasteiger partial charge in [-0.25, -0.2) is 34.5 Å². The summed E-state index contributed by atoms with van der Waals surface area (Å²) in [4.78, 5) is 76.8. The molecule has 14 rings (SSSR count). The number of hydrogen-bond donors (Lipinski definition) is 4. The number of amides is 3. The molecule has 3 amide bonds. The number of likely N-dealkylation sites (tertiary alicyclic amines) is 1. The third-order valence-electron chi connectivity index (χ3n) is 16.1. The SMILES string of the molecule is CCc1ccc2nc(NC(=O)c3ccc(-c4cnco4)s3)n(C3CC4(CCN(C(=O)OC(C)(C)C)C4)C3)c2c1.CCc1ccc2nc(NC(=O)c3ccc(-c4cnco4)s3)n(C3CC4(CCNC4)C3)c2c1.Cl.O=C(O)c1ccc(-c2cnco2)s1. The third-order valence-corrected chi connectivity index (χ3v) is 19.4. The van der Waals surface area contributed by atoms with Gasteiger partial charge in [-0.15, -0.1) is 46.4 Å². The van der Waals surface area contributed by atoms with E-state index in [0.29, 0.717) is 68.4 Å². The molecule has 85 heavy (non-hydrogen) atoms. The number of nitrogens with one attached hydrogen (secondary N) is 3. The largest absolute Gasteiger partial charge is 0.477 e. The van der Waals surface area contributed by atoms with Gasteiger partial charge in [0.15, 0.2) is 36.5 Å². The molecular weight excluding hydrogens is 1160 g/mol. The molecule has 2 saturated carbocycles. The Kier molecular flexibility index (Phi) is 16.7. The van der Waals surface area contributed by atoms with Crippen molar-refractivity contribution in [3.8, 4) is 31.9 Å². The zero-order valence-corrected chi connectivity index (χ0v) is 50.7. The molecule has 10 heterocycles. The topological polar surface area (TPSA) is 251 Å². The van der Waals surface area contributed by atoms with Crippen LogP contribution in [0.1, 0.15) is 125 Å². The summed E-state index contributed by atoms with van der Waals surface area (Å²) in [5.41, 5.74) is 6.40. The minimum Gasteiger partial charge on any atom is -0.477 e. The predicted molar refractivity (Wildman–Crippen MR) is 329 cm³/mol. The summed E-state index contributed by atoms with van der Waals surface area (Å²) < 4.78 is 25.8. The van der Waals surface area contributed by atoms with Gasteiger partial charge in [-0.1, -0.05) is 26.0 Å². The number of anilines is 2. The molecule has 24 heteroatoms. The van der Waals surface area contributed by atoms with Crippen LogP contribution in [0.25, 0.3) is 54.0 Å². The van der Waals surface area contributed by atoms with Crippen LogP contribution >= 0.6 is 46.4 Å². The third kappa shape index (κ3) is 12.4. The molecule has 442 valence electrons. The Morgan fingerprint density at radius 3 is 1.52 bits per heavy atom. The first-order valence-corrected chi connectivity index (χ1v) is 30.5. The second kappa shape index (κ2) is 24.2. The van der Waals surface area contributed by atoms with E-state index in [4.69, 9.17) is 33.1 Å². The molecular formula is C61H64ClN11O9S3.